The zero-order chi connectivity index (χ0) is 20.8. The molecule has 0 spiro atoms. The van der Waals surface area contributed by atoms with E-state index in [9.17, 15) is 19.6 Å². The first-order chi connectivity index (χ1) is 14.0. The maximum absolute atomic E-state index is 12.3. The molecule has 29 heavy (non-hydrogen) atoms. The van der Waals surface area contributed by atoms with Gasteiger partial charge in [-0.15, -0.1) is 11.3 Å². The Morgan fingerprint density at radius 3 is 2.93 bits per heavy atom. The largest absolute Gasteiger partial charge is 0.479 e. The summed E-state index contributed by atoms with van der Waals surface area (Å²) in [5.74, 6) is -1.43. The lowest BCUT2D eigenvalue weighted by Crippen LogP contribution is -2.36. The van der Waals surface area contributed by atoms with Crippen molar-refractivity contribution in [1.29, 1.82) is 5.26 Å². The summed E-state index contributed by atoms with van der Waals surface area (Å²) in [6.45, 7) is -0.182. The molecule has 3 rings (SSSR count). The third kappa shape index (κ3) is 5.08. The third-order valence-electron chi connectivity index (χ3n) is 4.36. The molecule has 0 unspecified atom stereocenters. The van der Waals surface area contributed by atoms with E-state index >= 15 is 0 Å². The van der Waals surface area contributed by atoms with Crippen LogP contribution in [-0.2, 0) is 33.7 Å². The van der Waals surface area contributed by atoms with E-state index in [1.165, 1.54) is 16.2 Å². The topological polar surface area (TPSA) is 133 Å². The summed E-state index contributed by atoms with van der Waals surface area (Å²) in [4.78, 5) is 41.0. The number of carbonyl (C=O) groups is 3. The monoisotopic (exact) mass is 414 g/mol. The summed E-state index contributed by atoms with van der Waals surface area (Å²) in [5.41, 5.74) is 2.17. The molecule has 3 heterocycles. The summed E-state index contributed by atoms with van der Waals surface area (Å²) in [5, 5.41) is 21.4. The van der Waals surface area contributed by atoms with E-state index in [2.05, 4.69) is 16.4 Å². The Morgan fingerprint density at radius 1 is 1.41 bits per heavy atom. The van der Waals surface area contributed by atoms with Gasteiger partial charge in [0.25, 0.3) is 0 Å². The Hall–Kier alpha value is -3.45. The summed E-state index contributed by atoms with van der Waals surface area (Å²) in [7, 11) is 0. The number of pyridine rings is 1. The highest BCUT2D eigenvalue weighted by Gasteiger charge is 2.28. The SMILES string of the molecule is N#Cc1c(NC(=O)CCc2cccnc2)sc2c1CCN(C(=O)OCC(=O)O)C2. The van der Waals surface area contributed by atoms with Crippen molar-refractivity contribution in [2.24, 2.45) is 0 Å². The van der Waals surface area contributed by atoms with E-state index in [4.69, 9.17) is 9.84 Å². The van der Waals surface area contributed by atoms with Crippen LogP contribution in [0.5, 0.6) is 0 Å². The van der Waals surface area contributed by atoms with Crippen LogP contribution in [0.3, 0.4) is 0 Å². The number of thiophene rings is 1. The van der Waals surface area contributed by atoms with Gasteiger partial charge < -0.3 is 20.1 Å². The van der Waals surface area contributed by atoms with Gasteiger partial charge in [0.15, 0.2) is 6.61 Å². The molecule has 1 aliphatic heterocycles. The maximum atomic E-state index is 12.3. The molecule has 0 bridgehead atoms. The number of carbonyl (C=O) groups excluding carboxylic acids is 2. The van der Waals surface area contributed by atoms with Gasteiger partial charge in [-0.1, -0.05) is 6.07 Å². The Morgan fingerprint density at radius 2 is 2.24 bits per heavy atom. The smallest absolute Gasteiger partial charge is 0.410 e. The van der Waals surface area contributed by atoms with Crippen LogP contribution in [0.1, 0.15) is 28.0 Å². The van der Waals surface area contributed by atoms with Crippen molar-refractivity contribution in [3.05, 3.63) is 46.1 Å². The Balaban J connectivity index is 1.64. The number of carboxylic acid groups (broad SMARTS) is 1. The average molecular weight is 414 g/mol. The molecular formula is C19H18N4O5S. The minimum absolute atomic E-state index is 0.207. The normalized spacial score (nSPS) is 12.6. The highest BCUT2D eigenvalue weighted by molar-refractivity contribution is 7.16. The minimum atomic E-state index is -1.23. The van der Waals surface area contributed by atoms with E-state index < -0.39 is 18.7 Å². The van der Waals surface area contributed by atoms with Gasteiger partial charge in [0.05, 0.1) is 12.1 Å². The first-order valence-electron chi connectivity index (χ1n) is 8.84. The summed E-state index contributed by atoms with van der Waals surface area (Å²) in [6.07, 6.45) is 3.88. The predicted octanol–water partition coefficient (Wildman–Crippen LogP) is 2.17. The van der Waals surface area contributed by atoms with Gasteiger partial charge in [-0.2, -0.15) is 5.26 Å². The van der Waals surface area contributed by atoms with Gasteiger partial charge in [0.1, 0.15) is 11.1 Å². The Bertz CT molecular complexity index is 967. The van der Waals surface area contributed by atoms with Gasteiger partial charge >= 0.3 is 12.1 Å². The van der Waals surface area contributed by atoms with E-state index in [-0.39, 0.29) is 18.9 Å². The fourth-order valence-corrected chi connectivity index (χ4v) is 4.20. The molecule has 0 aromatic carbocycles. The molecule has 2 N–H and O–H groups in total. The fraction of sp³-hybridized carbons (Fsp3) is 0.316. The van der Waals surface area contributed by atoms with E-state index in [0.717, 1.165) is 16.0 Å². The molecule has 0 aliphatic carbocycles. The Kier molecular flexibility index (Phi) is 6.41. The lowest BCUT2D eigenvalue weighted by molar-refractivity contribution is -0.140. The number of aromatic nitrogens is 1. The second kappa shape index (κ2) is 9.16. The van der Waals surface area contributed by atoms with Crippen molar-refractivity contribution in [3.8, 4) is 6.07 Å². The predicted molar refractivity (Wildman–Crippen MR) is 103 cm³/mol. The van der Waals surface area contributed by atoms with Crippen LogP contribution in [0.15, 0.2) is 24.5 Å². The summed E-state index contributed by atoms with van der Waals surface area (Å²) in [6, 6.07) is 5.84. The molecule has 1 aliphatic rings. The zero-order valence-electron chi connectivity index (χ0n) is 15.4. The molecule has 0 saturated carbocycles. The van der Waals surface area contributed by atoms with Crippen molar-refractivity contribution >= 4 is 34.3 Å². The molecule has 2 aromatic rings. The minimum Gasteiger partial charge on any atom is -0.479 e. The van der Waals surface area contributed by atoms with Crippen LogP contribution in [0.4, 0.5) is 9.80 Å². The van der Waals surface area contributed by atoms with Gasteiger partial charge in [0.2, 0.25) is 5.91 Å². The molecule has 2 amide bonds. The summed E-state index contributed by atoms with van der Waals surface area (Å²) < 4.78 is 4.71. The lowest BCUT2D eigenvalue weighted by atomic mass is 10.0. The van der Waals surface area contributed by atoms with Crippen LogP contribution in [-0.4, -0.2) is 46.1 Å². The number of nitrogens with one attached hydrogen (secondary N) is 1. The number of ether oxygens (including phenoxy) is 1. The highest BCUT2D eigenvalue weighted by atomic mass is 32.1. The van der Waals surface area contributed by atoms with Crippen molar-refractivity contribution in [3.63, 3.8) is 0 Å². The van der Waals surface area contributed by atoms with Crippen LogP contribution >= 0.6 is 11.3 Å². The van der Waals surface area contributed by atoms with E-state index in [0.29, 0.717) is 30.0 Å². The standard InChI is InChI=1S/C19H18N4O5S/c20-8-14-13-5-7-23(19(27)28-11-17(25)26)10-15(13)29-18(14)22-16(24)4-3-12-2-1-6-21-9-12/h1-2,6,9H,3-5,7,10-11H2,(H,22,24)(H,25,26). The van der Waals surface area contributed by atoms with Crippen LogP contribution in [0, 0.1) is 11.3 Å². The Labute approximate surface area is 170 Å². The van der Waals surface area contributed by atoms with Crippen molar-refractivity contribution in [2.45, 2.75) is 25.8 Å². The number of rotatable bonds is 6. The van der Waals surface area contributed by atoms with Gasteiger partial charge in [0, 0.05) is 30.2 Å². The number of fused-ring (bicyclic) bond motifs is 1. The quantitative estimate of drug-likeness (QED) is 0.740. The number of hydrogen-bond acceptors (Lipinski definition) is 7. The van der Waals surface area contributed by atoms with Gasteiger partial charge in [-0.3, -0.25) is 9.78 Å². The number of nitrogens with zero attached hydrogens (tertiary/aromatic N) is 3. The molecule has 150 valence electrons. The number of anilines is 1. The van der Waals surface area contributed by atoms with Crippen molar-refractivity contribution in [1.82, 2.24) is 9.88 Å². The van der Waals surface area contributed by atoms with E-state index in [1.807, 2.05) is 12.1 Å². The zero-order valence-corrected chi connectivity index (χ0v) is 16.2. The number of amides is 2. The average Bonchev–Trinajstić information content (AvgIpc) is 3.07. The van der Waals surface area contributed by atoms with Crippen molar-refractivity contribution in [2.75, 3.05) is 18.5 Å². The van der Waals surface area contributed by atoms with Crippen LogP contribution in [0.2, 0.25) is 0 Å². The molecule has 10 heteroatoms. The molecule has 0 fully saturated rings. The second-order valence-electron chi connectivity index (χ2n) is 6.35. The molecule has 0 atom stereocenters. The van der Waals surface area contributed by atoms with Gasteiger partial charge in [-0.25, -0.2) is 9.59 Å². The molecule has 9 nitrogen and oxygen atoms in total. The number of nitriles is 1. The molecule has 0 saturated heterocycles. The maximum Gasteiger partial charge on any atom is 0.410 e. The fourth-order valence-electron chi connectivity index (χ4n) is 2.97. The number of carboxylic acids is 1. The summed E-state index contributed by atoms with van der Waals surface area (Å²) >= 11 is 1.25. The first kappa shape index (κ1) is 20.3. The number of aliphatic carboxylic acids is 1. The third-order valence-corrected chi connectivity index (χ3v) is 5.49. The van der Waals surface area contributed by atoms with Gasteiger partial charge in [-0.05, 0) is 30.0 Å². The van der Waals surface area contributed by atoms with E-state index in [1.54, 1.807) is 12.4 Å². The second-order valence-corrected chi connectivity index (χ2v) is 7.45. The number of aryl methyl sites for hydroxylation is 1. The van der Waals surface area contributed by atoms with Crippen LogP contribution < -0.4 is 5.32 Å². The lowest BCUT2D eigenvalue weighted by Gasteiger charge is -2.25. The molecule has 2 aromatic heterocycles. The number of hydrogen-bond donors (Lipinski definition) is 2. The molecular weight excluding hydrogens is 396 g/mol. The van der Waals surface area contributed by atoms with Crippen molar-refractivity contribution < 1.29 is 24.2 Å². The highest BCUT2D eigenvalue weighted by Crippen LogP contribution is 2.36. The van der Waals surface area contributed by atoms with Crippen LogP contribution in [0.25, 0.3) is 0 Å². The first-order valence-corrected chi connectivity index (χ1v) is 9.66. The molecule has 0 radical (unpaired) electrons.